The number of aliphatic imine (C=N–C) groups is 1. The fourth-order valence-electron chi connectivity index (χ4n) is 1.06. The molecule has 0 saturated heterocycles. The van der Waals surface area contributed by atoms with Crippen LogP contribution < -0.4 is 5.32 Å². The highest BCUT2D eigenvalue weighted by molar-refractivity contribution is 5.85. The molecule has 0 aromatic carbocycles. The summed E-state index contributed by atoms with van der Waals surface area (Å²) in [5.74, 6) is 1.48. The van der Waals surface area contributed by atoms with Crippen molar-refractivity contribution in [2.75, 3.05) is 7.05 Å². The Bertz CT molecular complexity index is 226. The summed E-state index contributed by atoms with van der Waals surface area (Å²) in [5.41, 5.74) is 0.910. The van der Waals surface area contributed by atoms with E-state index in [0.717, 1.165) is 24.4 Å². The number of rotatable bonds is 5. The van der Waals surface area contributed by atoms with Crippen molar-refractivity contribution in [3.8, 4) is 0 Å². The Morgan fingerprint density at radius 2 is 2.14 bits per heavy atom. The number of hydrogen-bond donors (Lipinski definition) is 1. The molecule has 0 fully saturated rings. The van der Waals surface area contributed by atoms with Crippen LogP contribution in [0, 0.1) is 5.92 Å². The Balaban J connectivity index is 4.20. The monoisotopic (exact) mass is 194 g/mol. The molecule has 0 rings (SSSR count). The Morgan fingerprint density at radius 3 is 2.57 bits per heavy atom. The second-order valence-electron chi connectivity index (χ2n) is 3.38. The first-order valence-electron chi connectivity index (χ1n) is 5.24. The second kappa shape index (κ2) is 7.36. The fraction of sp³-hybridized carbons (Fsp3) is 0.583. The molecule has 0 heterocycles. The van der Waals surface area contributed by atoms with E-state index in [2.05, 4.69) is 43.7 Å². The van der Waals surface area contributed by atoms with E-state index < -0.39 is 0 Å². The lowest BCUT2D eigenvalue weighted by molar-refractivity contribution is 0.716. The van der Waals surface area contributed by atoms with Gasteiger partial charge in [-0.2, -0.15) is 0 Å². The Hall–Kier alpha value is -1.05. The minimum Gasteiger partial charge on any atom is -0.344 e. The van der Waals surface area contributed by atoms with Gasteiger partial charge in [0.2, 0.25) is 0 Å². The Morgan fingerprint density at radius 1 is 1.50 bits per heavy atom. The molecule has 1 atom stereocenters. The van der Waals surface area contributed by atoms with Crippen LogP contribution in [0.1, 0.15) is 33.6 Å². The number of amidine groups is 1. The average molecular weight is 194 g/mol. The van der Waals surface area contributed by atoms with Crippen molar-refractivity contribution in [3.05, 3.63) is 24.4 Å². The second-order valence-corrected chi connectivity index (χ2v) is 3.38. The average Bonchev–Trinajstić information content (AvgIpc) is 2.21. The van der Waals surface area contributed by atoms with Gasteiger partial charge in [0.25, 0.3) is 0 Å². The van der Waals surface area contributed by atoms with Crippen molar-refractivity contribution in [1.29, 1.82) is 0 Å². The van der Waals surface area contributed by atoms with E-state index in [4.69, 9.17) is 0 Å². The molecule has 0 aliphatic heterocycles. The van der Waals surface area contributed by atoms with E-state index in [0.29, 0.717) is 5.92 Å². The van der Waals surface area contributed by atoms with Crippen molar-refractivity contribution in [2.24, 2.45) is 10.9 Å². The number of nitrogens with one attached hydrogen (secondary N) is 1. The lowest BCUT2D eigenvalue weighted by Gasteiger charge is -2.14. The highest BCUT2D eigenvalue weighted by Gasteiger charge is 2.06. The van der Waals surface area contributed by atoms with Crippen molar-refractivity contribution in [2.45, 2.75) is 33.6 Å². The van der Waals surface area contributed by atoms with E-state index >= 15 is 0 Å². The van der Waals surface area contributed by atoms with Gasteiger partial charge in [0.15, 0.2) is 0 Å². The summed E-state index contributed by atoms with van der Waals surface area (Å²) in [6, 6.07) is 0. The zero-order valence-corrected chi connectivity index (χ0v) is 9.80. The van der Waals surface area contributed by atoms with E-state index in [1.807, 2.05) is 13.1 Å². The van der Waals surface area contributed by atoms with Gasteiger partial charge < -0.3 is 5.32 Å². The van der Waals surface area contributed by atoms with E-state index in [-0.39, 0.29) is 0 Å². The molecule has 80 valence electrons. The number of nitrogens with zero attached hydrogens (tertiary/aromatic N) is 1. The minimum absolute atomic E-state index is 0.465. The van der Waals surface area contributed by atoms with Crippen LogP contribution in [0.5, 0.6) is 0 Å². The Labute approximate surface area is 87.8 Å². The SMILES string of the molecule is C=C(/C=C\CC)N/C(=N/C)C(C)CC. The summed E-state index contributed by atoms with van der Waals surface area (Å²) < 4.78 is 0. The standard InChI is InChI=1S/C12H22N2/c1-6-8-9-11(4)14-12(13-5)10(3)7-2/h8-10H,4,6-7H2,1-3,5H3,(H,13,14)/b9-8-. The summed E-state index contributed by atoms with van der Waals surface area (Å²) >= 11 is 0. The zero-order valence-electron chi connectivity index (χ0n) is 9.80. The van der Waals surface area contributed by atoms with Gasteiger partial charge in [-0.15, -0.1) is 0 Å². The van der Waals surface area contributed by atoms with Crippen LogP contribution in [0.2, 0.25) is 0 Å². The van der Waals surface area contributed by atoms with Crippen LogP contribution in [0.3, 0.4) is 0 Å². The highest BCUT2D eigenvalue weighted by Crippen LogP contribution is 2.03. The van der Waals surface area contributed by atoms with E-state index in [1.165, 1.54) is 0 Å². The van der Waals surface area contributed by atoms with Crippen molar-refractivity contribution in [1.82, 2.24) is 5.32 Å². The first-order valence-corrected chi connectivity index (χ1v) is 5.24. The van der Waals surface area contributed by atoms with Gasteiger partial charge in [0, 0.05) is 18.7 Å². The van der Waals surface area contributed by atoms with Crippen LogP contribution in [-0.4, -0.2) is 12.9 Å². The van der Waals surface area contributed by atoms with Crippen LogP contribution >= 0.6 is 0 Å². The van der Waals surface area contributed by atoms with E-state index in [9.17, 15) is 0 Å². The van der Waals surface area contributed by atoms with Crippen molar-refractivity contribution >= 4 is 5.84 Å². The fourth-order valence-corrected chi connectivity index (χ4v) is 1.06. The third-order valence-electron chi connectivity index (χ3n) is 2.16. The quantitative estimate of drug-likeness (QED) is 0.406. The molecule has 0 aliphatic carbocycles. The van der Waals surface area contributed by atoms with E-state index in [1.54, 1.807) is 0 Å². The first-order chi connectivity index (χ1) is 6.65. The molecule has 2 nitrogen and oxygen atoms in total. The van der Waals surface area contributed by atoms with Gasteiger partial charge >= 0.3 is 0 Å². The molecule has 0 saturated carbocycles. The smallest absolute Gasteiger partial charge is 0.103 e. The maximum Gasteiger partial charge on any atom is 0.103 e. The molecule has 0 radical (unpaired) electrons. The maximum absolute atomic E-state index is 4.22. The Kier molecular flexibility index (Phi) is 6.81. The van der Waals surface area contributed by atoms with Gasteiger partial charge in [-0.1, -0.05) is 33.4 Å². The van der Waals surface area contributed by atoms with Gasteiger partial charge in [0.05, 0.1) is 0 Å². The molecule has 14 heavy (non-hydrogen) atoms. The summed E-state index contributed by atoms with van der Waals surface area (Å²) in [7, 11) is 1.81. The lowest BCUT2D eigenvalue weighted by Crippen LogP contribution is -2.27. The predicted molar refractivity (Wildman–Crippen MR) is 64.5 cm³/mol. The van der Waals surface area contributed by atoms with Crippen LogP contribution in [0.15, 0.2) is 29.4 Å². The molecule has 0 aromatic heterocycles. The van der Waals surface area contributed by atoms with Gasteiger partial charge in [-0.3, -0.25) is 4.99 Å². The van der Waals surface area contributed by atoms with Crippen molar-refractivity contribution < 1.29 is 0 Å². The lowest BCUT2D eigenvalue weighted by atomic mass is 10.1. The topological polar surface area (TPSA) is 24.4 Å². The van der Waals surface area contributed by atoms with Gasteiger partial charge in [-0.25, -0.2) is 0 Å². The minimum atomic E-state index is 0.465. The molecule has 2 heteroatoms. The summed E-state index contributed by atoms with van der Waals surface area (Å²) in [6.07, 6.45) is 6.19. The van der Waals surface area contributed by atoms with Crippen LogP contribution in [0.25, 0.3) is 0 Å². The third-order valence-corrected chi connectivity index (χ3v) is 2.16. The van der Waals surface area contributed by atoms with Gasteiger partial charge in [0.1, 0.15) is 5.84 Å². The van der Waals surface area contributed by atoms with Crippen molar-refractivity contribution in [3.63, 3.8) is 0 Å². The molecule has 0 bridgehead atoms. The summed E-state index contributed by atoms with van der Waals surface area (Å²) in [4.78, 5) is 4.22. The molecular weight excluding hydrogens is 172 g/mol. The molecule has 0 aromatic rings. The summed E-state index contributed by atoms with van der Waals surface area (Å²) in [6.45, 7) is 10.3. The third kappa shape index (κ3) is 4.85. The first kappa shape index (κ1) is 12.9. The maximum atomic E-state index is 4.22. The molecule has 0 amide bonds. The molecule has 0 aliphatic rings. The molecular formula is C12H22N2. The predicted octanol–water partition coefficient (Wildman–Crippen LogP) is 3.13. The molecule has 1 unspecified atom stereocenters. The van der Waals surface area contributed by atoms with Crippen LogP contribution in [-0.2, 0) is 0 Å². The van der Waals surface area contributed by atoms with Crippen LogP contribution in [0.4, 0.5) is 0 Å². The van der Waals surface area contributed by atoms with Gasteiger partial charge in [-0.05, 0) is 18.9 Å². The molecule has 1 N–H and O–H groups in total. The number of hydrogen-bond acceptors (Lipinski definition) is 1. The normalized spacial score (nSPS) is 14.4. The summed E-state index contributed by atoms with van der Waals surface area (Å²) in [5, 5.41) is 3.22. The molecule has 0 spiro atoms. The number of allylic oxidation sites excluding steroid dienone is 2. The highest BCUT2D eigenvalue weighted by atomic mass is 15.0. The zero-order chi connectivity index (χ0) is 11.0. The largest absolute Gasteiger partial charge is 0.344 e.